The van der Waals surface area contributed by atoms with Crippen LogP contribution >= 0.6 is 23.2 Å². The van der Waals surface area contributed by atoms with Crippen molar-refractivity contribution in [2.24, 2.45) is 0 Å². The Kier molecular flexibility index (Phi) is 6.63. The highest BCUT2D eigenvalue weighted by Crippen LogP contribution is 2.40. The van der Waals surface area contributed by atoms with Crippen molar-refractivity contribution >= 4 is 40.8 Å². The second-order valence-corrected chi connectivity index (χ2v) is 7.11. The number of benzene rings is 1. The van der Waals surface area contributed by atoms with Crippen LogP contribution in [0.4, 0.5) is 4.79 Å². The van der Waals surface area contributed by atoms with Crippen molar-refractivity contribution in [3.63, 3.8) is 0 Å². The van der Waals surface area contributed by atoms with Crippen LogP contribution in [0.5, 0.6) is 0 Å². The maximum absolute atomic E-state index is 13.0. The molecule has 2 aliphatic rings. The predicted octanol–water partition coefficient (Wildman–Crippen LogP) is 4.29. The van der Waals surface area contributed by atoms with E-state index in [4.69, 9.17) is 37.4 Å². The minimum Gasteiger partial charge on any atom is -0.432 e. The summed E-state index contributed by atoms with van der Waals surface area (Å²) in [6.45, 7) is 3.38. The van der Waals surface area contributed by atoms with Gasteiger partial charge in [-0.2, -0.15) is 0 Å². The van der Waals surface area contributed by atoms with Crippen LogP contribution in [0, 0.1) is 0 Å². The molecule has 1 aromatic rings. The number of nitrogens with zero attached hydrogens (tertiary/aromatic N) is 1. The summed E-state index contributed by atoms with van der Waals surface area (Å²) in [5.74, 6) is 0.103. The summed E-state index contributed by atoms with van der Waals surface area (Å²) in [7, 11) is 0. The van der Waals surface area contributed by atoms with Gasteiger partial charge in [0, 0.05) is 23.7 Å². The molecule has 1 aromatic carbocycles. The van der Waals surface area contributed by atoms with Gasteiger partial charge < -0.3 is 19.1 Å². The van der Waals surface area contributed by atoms with Crippen LogP contribution < -0.4 is 0 Å². The van der Waals surface area contributed by atoms with Gasteiger partial charge in [-0.05, 0) is 38.3 Å². The van der Waals surface area contributed by atoms with Crippen LogP contribution in [0.25, 0.3) is 5.57 Å². The van der Waals surface area contributed by atoms with Gasteiger partial charge in [0.25, 0.3) is 5.91 Å². The molecule has 1 fully saturated rings. The van der Waals surface area contributed by atoms with E-state index in [9.17, 15) is 9.59 Å². The molecule has 1 atom stereocenters. The Bertz CT molecular complexity index is 764. The quantitative estimate of drug-likeness (QED) is 0.513. The summed E-state index contributed by atoms with van der Waals surface area (Å²) < 4.78 is 15.7. The van der Waals surface area contributed by atoms with Crippen molar-refractivity contribution in [1.29, 1.82) is 0 Å². The van der Waals surface area contributed by atoms with Crippen molar-refractivity contribution in [3.05, 3.63) is 39.6 Å². The van der Waals surface area contributed by atoms with E-state index in [-0.39, 0.29) is 25.2 Å². The molecule has 27 heavy (non-hydrogen) atoms. The number of piperidine rings is 1. The number of fused-ring (bicyclic) bond motifs is 1. The normalized spacial score (nSPS) is 19.3. The first-order valence-electron chi connectivity index (χ1n) is 8.95. The highest BCUT2D eigenvalue weighted by Gasteiger charge is 2.44. The lowest BCUT2D eigenvalue weighted by molar-refractivity contribution is -0.126. The van der Waals surface area contributed by atoms with Gasteiger partial charge in [0.15, 0.2) is 0 Å². The van der Waals surface area contributed by atoms with Crippen LogP contribution in [0.2, 0.25) is 10.0 Å². The number of hydrogen-bond acceptors (Lipinski definition) is 5. The lowest BCUT2D eigenvalue weighted by atomic mass is 10.0. The molecule has 6 nitrogen and oxygen atoms in total. The molecule has 3 rings (SSSR count). The average Bonchev–Trinajstić information content (AvgIpc) is 2.92. The van der Waals surface area contributed by atoms with Gasteiger partial charge in [-0.25, -0.2) is 4.79 Å². The molecule has 1 unspecified atom stereocenters. The summed E-state index contributed by atoms with van der Waals surface area (Å²) in [6.07, 6.45) is 1.73. The van der Waals surface area contributed by atoms with E-state index in [2.05, 4.69) is 0 Å². The molecule has 0 spiro atoms. The first-order chi connectivity index (χ1) is 13.0. The zero-order chi connectivity index (χ0) is 19.4. The summed E-state index contributed by atoms with van der Waals surface area (Å²) >= 11 is 12.3. The van der Waals surface area contributed by atoms with Crippen LogP contribution in [-0.2, 0) is 19.0 Å². The smallest absolute Gasteiger partial charge is 0.432 e. The van der Waals surface area contributed by atoms with Crippen LogP contribution in [0.15, 0.2) is 24.0 Å². The van der Waals surface area contributed by atoms with E-state index < -0.39 is 6.16 Å². The molecule has 0 saturated carbocycles. The fraction of sp³-hybridized carbons (Fsp3) is 0.474. The minimum atomic E-state index is -0.854. The van der Waals surface area contributed by atoms with Gasteiger partial charge in [-0.3, -0.25) is 4.79 Å². The molecule has 8 heteroatoms. The van der Waals surface area contributed by atoms with Gasteiger partial charge in [0.2, 0.25) is 0 Å². The second kappa shape index (κ2) is 8.95. The Morgan fingerprint density at radius 3 is 2.81 bits per heavy atom. The molecule has 2 aliphatic heterocycles. The summed E-state index contributed by atoms with van der Waals surface area (Å²) in [5.41, 5.74) is 0.794. The topological polar surface area (TPSA) is 65.1 Å². The number of amides is 1. The Morgan fingerprint density at radius 1 is 1.26 bits per heavy atom. The SMILES string of the molecule is CCOCCOC(=O)OC1=C(c2ccc(Cl)cc2Cl)C(=O)N2CCCCC12. The van der Waals surface area contributed by atoms with Crippen LogP contribution in [-0.4, -0.2) is 49.4 Å². The molecule has 0 aliphatic carbocycles. The Hall–Kier alpha value is -1.76. The fourth-order valence-electron chi connectivity index (χ4n) is 3.37. The minimum absolute atomic E-state index is 0.0827. The zero-order valence-electron chi connectivity index (χ0n) is 15.0. The number of rotatable bonds is 6. The molecule has 0 bridgehead atoms. The van der Waals surface area contributed by atoms with Crippen molar-refractivity contribution in [1.82, 2.24) is 4.90 Å². The lowest BCUT2D eigenvalue weighted by Gasteiger charge is -2.30. The van der Waals surface area contributed by atoms with E-state index in [0.29, 0.717) is 40.1 Å². The van der Waals surface area contributed by atoms with Crippen molar-refractivity contribution < 1.29 is 23.8 Å². The van der Waals surface area contributed by atoms with Gasteiger partial charge in [0.05, 0.1) is 23.2 Å². The molecule has 0 radical (unpaired) electrons. The largest absolute Gasteiger partial charge is 0.513 e. The molecule has 1 amide bonds. The lowest BCUT2D eigenvalue weighted by Crippen LogP contribution is -2.40. The first kappa shape index (κ1) is 20.0. The number of hydrogen-bond donors (Lipinski definition) is 0. The fourth-order valence-corrected chi connectivity index (χ4v) is 3.87. The Labute approximate surface area is 168 Å². The van der Waals surface area contributed by atoms with Gasteiger partial charge in [0.1, 0.15) is 12.4 Å². The van der Waals surface area contributed by atoms with Gasteiger partial charge in [-0.15, -0.1) is 0 Å². The summed E-state index contributed by atoms with van der Waals surface area (Å²) in [6, 6.07) is 4.60. The van der Waals surface area contributed by atoms with Gasteiger partial charge in [-0.1, -0.05) is 29.3 Å². The van der Waals surface area contributed by atoms with Crippen molar-refractivity contribution in [2.45, 2.75) is 32.2 Å². The van der Waals surface area contributed by atoms with Crippen molar-refractivity contribution in [2.75, 3.05) is 26.4 Å². The summed E-state index contributed by atoms with van der Waals surface area (Å²) in [4.78, 5) is 26.9. The third-order valence-electron chi connectivity index (χ3n) is 4.57. The van der Waals surface area contributed by atoms with Crippen molar-refractivity contribution in [3.8, 4) is 0 Å². The molecule has 0 N–H and O–H groups in total. The maximum Gasteiger partial charge on any atom is 0.513 e. The maximum atomic E-state index is 13.0. The number of ether oxygens (including phenoxy) is 3. The zero-order valence-corrected chi connectivity index (χ0v) is 16.5. The third kappa shape index (κ3) is 4.39. The van der Waals surface area contributed by atoms with Crippen LogP contribution in [0.3, 0.4) is 0 Å². The number of carbonyl (C=O) groups excluding carboxylic acids is 2. The highest BCUT2D eigenvalue weighted by molar-refractivity contribution is 6.37. The molecule has 2 heterocycles. The Morgan fingerprint density at radius 2 is 2.07 bits per heavy atom. The molecule has 1 saturated heterocycles. The number of halogens is 2. The molecule has 146 valence electrons. The summed E-state index contributed by atoms with van der Waals surface area (Å²) in [5, 5.41) is 0.793. The Balaban J connectivity index is 1.89. The van der Waals surface area contributed by atoms with E-state index in [1.54, 1.807) is 23.1 Å². The van der Waals surface area contributed by atoms with E-state index in [0.717, 1.165) is 19.3 Å². The second-order valence-electron chi connectivity index (χ2n) is 6.27. The van der Waals surface area contributed by atoms with Crippen LogP contribution in [0.1, 0.15) is 31.7 Å². The van der Waals surface area contributed by atoms with E-state index in [1.807, 2.05) is 6.92 Å². The van der Waals surface area contributed by atoms with E-state index in [1.165, 1.54) is 0 Å². The molecular weight excluding hydrogens is 393 g/mol. The molecule has 0 aromatic heterocycles. The predicted molar refractivity (Wildman–Crippen MR) is 102 cm³/mol. The average molecular weight is 414 g/mol. The molecular formula is C19H21Cl2NO5. The van der Waals surface area contributed by atoms with Gasteiger partial charge >= 0.3 is 6.16 Å². The third-order valence-corrected chi connectivity index (χ3v) is 5.12. The first-order valence-corrected chi connectivity index (χ1v) is 9.71. The van der Waals surface area contributed by atoms with E-state index >= 15 is 0 Å². The standard InChI is InChI=1S/C19H21Cl2NO5/c1-2-25-9-10-26-19(24)27-17-15-5-3-4-8-22(15)18(23)16(17)13-7-6-12(20)11-14(13)21/h6-7,11,15H,2-5,8-10H2,1H3. The monoisotopic (exact) mass is 413 g/mol. The number of carbonyl (C=O) groups is 2. The highest BCUT2D eigenvalue weighted by atomic mass is 35.5.